The van der Waals surface area contributed by atoms with Gasteiger partial charge in [-0.2, -0.15) is 0 Å². The van der Waals surface area contributed by atoms with E-state index >= 15 is 0 Å². The van der Waals surface area contributed by atoms with Gasteiger partial charge in [-0.15, -0.1) is 0 Å². The Morgan fingerprint density at radius 3 is 2.25 bits per heavy atom. The number of nitrogens with one attached hydrogen (secondary N) is 2. The SMILES string of the molecule is Cc1cc(NC(=O)NC2(C)Cc3ccccc3C2)ccc1C(N)=O. The molecule has 4 N–H and O–H groups in total. The Hall–Kier alpha value is -2.82. The monoisotopic (exact) mass is 323 g/mol. The largest absolute Gasteiger partial charge is 0.366 e. The topological polar surface area (TPSA) is 84.2 Å². The number of carbonyl (C=O) groups is 2. The molecule has 0 radical (unpaired) electrons. The summed E-state index contributed by atoms with van der Waals surface area (Å²) in [6, 6.07) is 13.0. The van der Waals surface area contributed by atoms with Crippen LogP contribution in [0.25, 0.3) is 0 Å². The first-order chi connectivity index (χ1) is 11.4. The number of fused-ring (bicyclic) bond motifs is 1. The Morgan fingerprint density at radius 2 is 1.71 bits per heavy atom. The average molecular weight is 323 g/mol. The number of benzene rings is 2. The second-order valence-electron chi connectivity index (χ2n) is 6.66. The van der Waals surface area contributed by atoms with Crippen molar-refractivity contribution in [1.82, 2.24) is 5.32 Å². The molecule has 5 nitrogen and oxygen atoms in total. The highest BCUT2D eigenvalue weighted by Crippen LogP contribution is 2.29. The van der Waals surface area contributed by atoms with Crippen molar-refractivity contribution in [1.29, 1.82) is 0 Å². The fraction of sp³-hybridized carbons (Fsp3) is 0.263. The summed E-state index contributed by atoms with van der Waals surface area (Å²) < 4.78 is 0. The van der Waals surface area contributed by atoms with E-state index in [-0.39, 0.29) is 11.6 Å². The smallest absolute Gasteiger partial charge is 0.319 e. The molecule has 0 saturated carbocycles. The van der Waals surface area contributed by atoms with Crippen LogP contribution in [0, 0.1) is 6.92 Å². The van der Waals surface area contributed by atoms with Crippen LogP contribution in [0.2, 0.25) is 0 Å². The van der Waals surface area contributed by atoms with E-state index in [9.17, 15) is 9.59 Å². The molecule has 0 fully saturated rings. The number of aryl methyl sites for hydroxylation is 1. The lowest BCUT2D eigenvalue weighted by atomic mass is 9.99. The molecule has 124 valence electrons. The van der Waals surface area contributed by atoms with E-state index in [1.54, 1.807) is 25.1 Å². The van der Waals surface area contributed by atoms with Gasteiger partial charge in [-0.3, -0.25) is 4.79 Å². The first kappa shape index (κ1) is 16.1. The van der Waals surface area contributed by atoms with Gasteiger partial charge in [0.1, 0.15) is 0 Å². The van der Waals surface area contributed by atoms with Crippen molar-refractivity contribution in [2.75, 3.05) is 5.32 Å². The third kappa shape index (κ3) is 3.25. The number of carbonyl (C=O) groups excluding carboxylic acids is 2. The molecule has 0 unspecified atom stereocenters. The highest BCUT2D eigenvalue weighted by molar-refractivity contribution is 5.96. The first-order valence-electron chi connectivity index (χ1n) is 7.93. The van der Waals surface area contributed by atoms with Crippen LogP contribution in [-0.2, 0) is 12.8 Å². The summed E-state index contributed by atoms with van der Waals surface area (Å²) >= 11 is 0. The van der Waals surface area contributed by atoms with Gasteiger partial charge in [-0.25, -0.2) is 4.79 Å². The minimum atomic E-state index is -0.472. The van der Waals surface area contributed by atoms with E-state index in [2.05, 4.69) is 22.8 Å². The number of anilines is 1. The fourth-order valence-electron chi connectivity index (χ4n) is 3.35. The van der Waals surface area contributed by atoms with Crippen LogP contribution in [0.3, 0.4) is 0 Å². The Balaban J connectivity index is 1.66. The number of nitrogens with two attached hydrogens (primary N) is 1. The first-order valence-corrected chi connectivity index (χ1v) is 7.93. The molecule has 0 aromatic heterocycles. The molecule has 0 spiro atoms. The van der Waals surface area contributed by atoms with Crippen LogP contribution in [0.4, 0.5) is 10.5 Å². The zero-order chi connectivity index (χ0) is 17.3. The molecule has 3 rings (SSSR count). The maximum absolute atomic E-state index is 12.3. The van der Waals surface area contributed by atoms with Gasteiger partial charge in [-0.05, 0) is 61.6 Å². The van der Waals surface area contributed by atoms with Crippen molar-refractivity contribution in [3.63, 3.8) is 0 Å². The van der Waals surface area contributed by atoms with Crippen molar-refractivity contribution in [3.05, 3.63) is 64.7 Å². The number of primary amides is 1. The number of urea groups is 1. The van der Waals surface area contributed by atoms with E-state index in [0.717, 1.165) is 18.4 Å². The van der Waals surface area contributed by atoms with Crippen LogP contribution in [0.15, 0.2) is 42.5 Å². The van der Waals surface area contributed by atoms with E-state index in [1.807, 2.05) is 19.1 Å². The quantitative estimate of drug-likeness (QED) is 0.811. The zero-order valence-corrected chi connectivity index (χ0v) is 13.8. The minimum absolute atomic E-state index is 0.253. The molecule has 5 heteroatoms. The summed E-state index contributed by atoms with van der Waals surface area (Å²) in [7, 11) is 0. The molecule has 0 atom stereocenters. The number of rotatable bonds is 3. The fourth-order valence-corrected chi connectivity index (χ4v) is 3.35. The van der Waals surface area contributed by atoms with Gasteiger partial charge in [0.2, 0.25) is 5.91 Å². The third-order valence-electron chi connectivity index (χ3n) is 4.44. The molecule has 1 aliphatic rings. The third-order valence-corrected chi connectivity index (χ3v) is 4.44. The molecule has 0 saturated heterocycles. The lowest BCUT2D eigenvalue weighted by Gasteiger charge is -2.25. The van der Waals surface area contributed by atoms with E-state index in [0.29, 0.717) is 11.3 Å². The van der Waals surface area contributed by atoms with Crippen molar-refractivity contribution in [3.8, 4) is 0 Å². The lowest BCUT2D eigenvalue weighted by Crippen LogP contribution is -2.48. The Labute approximate surface area is 141 Å². The van der Waals surface area contributed by atoms with Crippen molar-refractivity contribution >= 4 is 17.6 Å². The Bertz CT molecular complexity index is 789. The number of hydrogen-bond donors (Lipinski definition) is 3. The summed E-state index contributed by atoms with van der Waals surface area (Å²) in [6.45, 7) is 3.84. The summed E-state index contributed by atoms with van der Waals surface area (Å²) in [6.07, 6.45) is 1.63. The van der Waals surface area contributed by atoms with Gasteiger partial charge in [0.05, 0.1) is 0 Å². The second-order valence-corrected chi connectivity index (χ2v) is 6.66. The summed E-state index contributed by atoms with van der Waals surface area (Å²) in [5, 5.41) is 5.89. The highest BCUT2D eigenvalue weighted by atomic mass is 16.2. The van der Waals surface area contributed by atoms with Crippen molar-refractivity contribution in [2.45, 2.75) is 32.2 Å². The maximum atomic E-state index is 12.3. The van der Waals surface area contributed by atoms with Crippen LogP contribution in [0.1, 0.15) is 34.0 Å². The van der Waals surface area contributed by atoms with Crippen LogP contribution in [-0.4, -0.2) is 17.5 Å². The average Bonchev–Trinajstić information content (AvgIpc) is 2.82. The summed E-state index contributed by atoms with van der Waals surface area (Å²) in [5.41, 5.74) is 9.39. The zero-order valence-electron chi connectivity index (χ0n) is 13.8. The maximum Gasteiger partial charge on any atom is 0.319 e. The second kappa shape index (κ2) is 6.00. The van der Waals surface area contributed by atoms with E-state index in [1.165, 1.54) is 11.1 Å². The molecular weight excluding hydrogens is 302 g/mol. The molecule has 2 aromatic rings. The molecule has 1 aliphatic carbocycles. The Kier molecular flexibility index (Phi) is 4.01. The molecule has 24 heavy (non-hydrogen) atoms. The molecule has 0 aliphatic heterocycles. The molecule has 2 aromatic carbocycles. The highest BCUT2D eigenvalue weighted by Gasteiger charge is 2.33. The normalized spacial score (nSPS) is 14.8. The molecule has 0 heterocycles. The number of amides is 3. The van der Waals surface area contributed by atoms with E-state index in [4.69, 9.17) is 5.73 Å². The van der Waals surface area contributed by atoms with Gasteiger partial charge in [0.15, 0.2) is 0 Å². The predicted molar refractivity (Wildman–Crippen MR) is 94.1 cm³/mol. The molecular formula is C19H21N3O2. The van der Waals surface area contributed by atoms with Crippen LogP contribution >= 0.6 is 0 Å². The van der Waals surface area contributed by atoms with Gasteiger partial charge >= 0.3 is 6.03 Å². The van der Waals surface area contributed by atoms with Gasteiger partial charge in [0, 0.05) is 16.8 Å². The number of hydrogen-bond acceptors (Lipinski definition) is 2. The predicted octanol–water partition coefficient (Wildman–Crippen LogP) is 2.77. The minimum Gasteiger partial charge on any atom is -0.366 e. The van der Waals surface area contributed by atoms with Crippen molar-refractivity contribution in [2.24, 2.45) is 5.73 Å². The van der Waals surface area contributed by atoms with Crippen LogP contribution in [0.5, 0.6) is 0 Å². The molecule has 0 bridgehead atoms. The molecule has 3 amide bonds. The van der Waals surface area contributed by atoms with Gasteiger partial charge in [-0.1, -0.05) is 24.3 Å². The summed E-state index contributed by atoms with van der Waals surface area (Å²) in [4.78, 5) is 23.6. The van der Waals surface area contributed by atoms with Gasteiger partial charge < -0.3 is 16.4 Å². The van der Waals surface area contributed by atoms with E-state index < -0.39 is 5.91 Å². The van der Waals surface area contributed by atoms with Gasteiger partial charge in [0.25, 0.3) is 0 Å². The standard InChI is InChI=1S/C19H21N3O2/c1-12-9-15(7-8-16(12)17(20)23)21-18(24)22-19(2)10-13-5-3-4-6-14(13)11-19/h3-9H,10-11H2,1-2H3,(H2,20,23)(H2,21,22,24). The van der Waals surface area contributed by atoms with Crippen molar-refractivity contribution < 1.29 is 9.59 Å². The lowest BCUT2D eigenvalue weighted by molar-refractivity contribution is 0.0999. The summed E-state index contributed by atoms with van der Waals surface area (Å²) in [5.74, 6) is -0.472. The Morgan fingerprint density at radius 1 is 1.08 bits per heavy atom. The van der Waals surface area contributed by atoms with Crippen LogP contribution < -0.4 is 16.4 Å².